The van der Waals surface area contributed by atoms with E-state index in [4.69, 9.17) is 11.6 Å². The molecule has 11 heteroatoms. The van der Waals surface area contributed by atoms with Crippen LogP contribution >= 0.6 is 27.5 Å². The molecule has 0 aliphatic carbocycles. The molecule has 2 fully saturated rings. The summed E-state index contributed by atoms with van der Waals surface area (Å²) in [6, 6.07) is 15.2. The normalized spacial score (nSPS) is 17.5. The molecule has 2 saturated heterocycles. The van der Waals surface area contributed by atoms with E-state index in [2.05, 4.69) is 53.1 Å². The Morgan fingerprint density at radius 2 is 1.59 bits per heavy atom. The smallest absolute Gasteiger partial charge is 0.353 e. The summed E-state index contributed by atoms with van der Waals surface area (Å²) >= 11 is 9.60. The molecule has 0 radical (unpaired) electrons. The van der Waals surface area contributed by atoms with Gasteiger partial charge in [-0.15, -0.1) is 0 Å². The van der Waals surface area contributed by atoms with E-state index in [1.54, 1.807) is 12.3 Å². The number of carbonyl (C=O) groups excluding carboxylic acids is 1. The number of amides is 1. The van der Waals surface area contributed by atoms with Crippen LogP contribution in [0.5, 0.6) is 0 Å². The highest BCUT2D eigenvalue weighted by Crippen LogP contribution is 2.30. The van der Waals surface area contributed by atoms with Crippen LogP contribution in [0.15, 0.2) is 65.3 Å². The minimum absolute atomic E-state index is 0.123. The standard InChI is InChI=1S/C30H32BrClF3N5O/c31-27-17-23(29(41)37-18-21-1-5-24(6-2-21)30(33,34)35)19-36-28(27)40-15-13-39(14-16-40)26-9-11-38(12-10-26)20-22-3-7-25(32)8-4-22/h1-8,17,19,26H,9-16,18,20H2,(H,37,41). The first-order chi connectivity index (χ1) is 19.7. The number of rotatable bonds is 7. The minimum Gasteiger partial charge on any atom is -0.353 e. The number of carbonyl (C=O) groups is 1. The molecule has 2 aromatic carbocycles. The van der Waals surface area contributed by atoms with Crippen molar-refractivity contribution in [3.63, 3.8) is 0 Å². The first kappa shape index (κ1) is 29.8. The van der Waals surface area contributed by atoms with Gasteiger partial charge in [-0.05, 0) is 83.3 Å². The molecule has 5 rings (SSSR count). The van der Waals surface area contributed by atoms with E-state index in [9.17, 15) is 18.0 Å². The van der Waals surface area contributed by atoms with Crippen LogP contribution in [0.25, 0.3) is 0 Å². The third-order valence-electron chi connectivity index (χ3n) is 7.83. The Labute approximate surface area is 251 Å². The number of likely N-dealkylation sites (tertiary alicyclic amines) is 1. The second kappa shape index (κ2) is 13.1. The Hall–Kier alpha value is -2.66. The van der Waals surface area contributed by atoms with Gasteiger partial charge in [0, 0.05) is 56.5 Å². The number of benzene rings is 2. The van der Waals surface area contributed by atoms with Gasteiger partial charge in [0.05, 0.1) is 15.6 Å². The van der Waals surface area contributed by atoms with Crippen molar-refractivity contribution in [3.05, 3.63) is 92.5 Å². The highest BCUT2D eigenvalue weighted by molar-refractivity contribution is 9.10. The summed E-state index contributed by atoms with van der Waals surface area (Å²) in [7, 11) is 0. The molecule has 1 amide bonds. The van der Waals surface area contributed by atoms with Crippen molar-refractivity contribution >= 4 is 39.3 Å². The number of pyridine rings is 1. The molecular formula is C30H32BrClF3N5O. The molecule has 2 aliphatic heterocycles. The number of alkyl halides is 3. The van der Waals surface area contributed by atoms with E-state index in [-0.39, 0.29) is 12.5 Å². The summed E-state index contributed by atoms with van der Waals surface area (Å²) in [5.74, 6) is 0.471. The molecule has 0 saturated carbocycles. The third kappa shape index (κ3) is 7.80. The lowest BCUT2D eigenvalue weighted by molar-refractivity contribution is -0.137. The van der Waals surface area contributed by atoms with Crippen molar-refractivity contribution in [1.82, 2.24) is 20.1 Å². The van der Waals surface area contributed by atoms with E-state index < -0.39 is 11.7 Å². The van der Waals surface area contributed by atoms with Crippen molar-refractivity contribution in [2.24, 2.45) is 0 Å². The van der Waals surface area contributed by atoms with Crippen molar-refractivity contribution in [2.75, 3.05) is 44.2 Å². The molecule has 0 bridgehead atoms. The van der Waals surface area contributed by atoms with Crippen molar-refractivity contribution in [2.45, 2.75) is 38.1 Å². The molecule has 2 aliphatic rings. The fourth-order valence-electron chi connectivity index (χ4n) is 5.47. The molecule has 1 N–H and O–H groups in total. The molecule has 3 heterocycles. The summed E-state index contributed by atoms with van der Waals surface area (Å²) in [5, 5.41) is 3.52. The predicted octanol–water partition coefficient (Wildman–Crippen LogP) is 6.23. The summed E-state index contributed by atoms with van der Waals surface area (Å²) < 4.78 is 39.0. The second-order valence-corrected chi connectivity index (χ2v) is 11.9. The second-order valence-electron chi connectivity index (χ2n) is 10.6. The van der Waals surface area contributed by atoms with E-state index in [0.29, 0.717) is 17.2 Å². The topological polar surface area (TPSA) is 51.7 Å². The minimum atomic E-state index is -4.38. The van der Waals surface area contributed by atoms with Gasteiger partial charge in [0.2, 0.25) is 0 Å². The number of nitrogens with zero attached hydrogens (tertiary/aromatic N) is 4. The Kier molecular flexibility index (Phi) is 9.53. The largest absolute Gasteiger partial charge is 0.416 e. The van der Waals surface area contributed by atoms with Crippen molar-refractivity contribution < 1.29 is 18.0 Å². The maximum absolute atomic E-state index is 12.8. The van der Waals surface area contributed by atoms with Crippen LogP contribution in [0.2, 0.25) is 5.02 Å². The molecule has 3 aromatic rings. The van der Waals surface area contributed by atoms with Crippen LogP contribution in [-0.2, 0) is 19.3 Å². The number of hydrogen-bond donors (Lipinski definition) is 1. The van der Waals surface area contributed by atoms with Crippen LogP contribution in [0.1, 0.15) is 39.9 Å². The molecule has 6 nitrogen and oxygen atoms in total. The molecule has 0 spiro atoms. The number of halogens is 5. The first-order valence-corrected chi connectivity index (χ1v) is 14.9. The van der Waals surface area contributed by atoms with Gasteiger partial charge in [-0.25, -0.2) is 4.98 Å². The first-order valence-electron chi connectivity index (χ1n) is 13.7. The highest BCUT2D eigenvalue weighted by Gasteiger charge is 2.30. The van der Waals surface area contributed by atoms with Gasteiger partial charge in [-0.1, -0.05) is 35.9 Å². The maximum Gasteiger partial charge on any atom is 0.416 e. The maximum atomic E-state index is 12.8. The Morgan fingerprint density at radius 1 is 0.951 bits per heavy atom. The summed E-state index contributed by atoms with van der Waals surface area (Å²) in [4.78, 5) is 24.6. The van der Waals surface area contributed by atoms with Gasteiger partial charge >= 0.3 is 6.18 Å². The van der Waals surface area contributed by atoms with E-state index in [1.165, 1.54) is 17.7 Å². The zero-order valence-electron chi connectivity index (χ0n) is 22.5. The van der Waals surface area contributed by atoms with Crippen molar-refractivity contribution in [1.29, 1.82) is 0 Å². The van der Waals surface area contributed by atoms with Crippen LogP contribution in [0.4, 0.5) is 19.0 Å². The molecule has 41 heavy (non-hydrogen) atoms. The molecule has 1 aromatic heterocycles. The number of piperazine rings is 1. The molecule has 0 atom stereocenters. The van der Waals surface area contributed by atoms with E-state index in [1.807, 2.05) is 12.1 Å². The lowest BCUT2D eigenvalue weighted by Crippen LogP contribution is -2.53. The monoisotopic (exact) mass is 649 g/mol. The lowest BCUT2D eigenvalue weighted by atomic mass is 10.0. The van der Waals surface area contributed by atoms with E-state index >= 15 is 0 Å². The van der Waals surface area contributed by atoms with Gasteiger partial charge in [-0.2, -0.15) is 13.2 Å². The molecule has 0 unspecified atom stereocenters. The lowest BCUT2D eigenvalue weighted by Gasteiger charge is -2.43. The fourth-order valence-corrected chi connectivity index (χ4v) is 6.20. The Morgan fingerprint density at radius 3 is 2.20 bits per heavy atom. The zero-order valence-corrected chi connectivity index (χ0v) is 24.9. The summed E-state index contributed by atoms with van der Waals surface area (Å²) in [6.45, 7) is 6.90. The number of piperidine rings is 1. The number of nitrogens with one attached hydrogen (secondary N) is 1. The summed E-state index contributed by atoms with van der Waals surface area (Å²) in [6.07, 6.45) is -0.520. The summed E-state index contributed by atoms with van der Waals surface area (Å²) in [5.41, 5.74) is 1.55. The fraction of sp³-hybridized carbons (Fsp3) is 0.400. The quantitative estimate of drug-likeness (QED) is 0.329. The van der Waals surface area contributed by atoms with Gasteiger partial charge < -0.3 is 10.2 Å². The Balaban J connectivity index is 1.08. The number of anilines is 1. The molecule has 218 valence electrons. The highest BCUT2D eigenvalue weighted by atomic mass is 79.9. The zero-order chi connectivity index (χ0) is 29.0. The number of aromatic nitrogens is 1. The average molecular weight is 651 g/mol. The van der Waals surface area contributed by atoms with Gasteiger partial charge in [0.1, 0.15) is 5.82 Å². The van der Waals surface area contributed by atoms with Crippen molar-refractivity contribution in [3.8, 4) is 0 Å². The van der Waals surface area contributed by atoms with Crippen LogP contribution in [-0.4, -0.2) is 66.0 Å². The number of hydrogen-bond acceptors (Lipinski definition) is 5. The van der Waals surface area contributed by atoms with Gasteiger partial charge in [-0.3, -0.25) is 14.6 Å². The third-order valence-corrected chi connectivity index (χ3v) is 8.66. The SMILES string of the molecule is O=C(NCc1ccc(C(F)(F)F)cc1)c1cnc(N2CCN(C3CCN(Cc4ccc(Cl)cc4)CC3)CC2)c(Br)c1. The van der Waals surface area contributed by atoms with Gasteiger partial charge in [0.15, 0.2) is 0 Å². The predicted molar refractivity (Wildman–Crippen MR) is 158 cm³/mol. The van der Waals surface area contributed by atoms with Gasteiger partial charge in [0.25, 0.3) is 5.91 Å². The van der Waals surface area contributed by atoms with Crippen LogP contribution < -0.4 is 10.2 Å². The van der Waals surface area contributed by atoms with Crippen LogP contribution in [0, 0.1) is 0 Å². The molecular weight excluding hydrogens is 619 g/mol. The average Bonchev–Trinajstić information content (AvgIpc) is 2.97. The van der Waals surface area contributed by atoms with E-state index in [0.717, 1.165) is 86.1 Å². The van der Waals surface area contributed by atoms with Crippen LogP contribution in [0.3, 0.4) is 0 Å². The Bertz CT molecular complexity index is 1320.